The van der Waals surface area contributed by atoms with E-state index in [1.807, 2.05) is 18.3 Å². The molecule has 1 saturated heterocycles. The third-order valence-corrected chi connectivity index (χ3v) is 3.64. The molecule has 0 radical (unpaired) electrons. The van der Waals surface area contributed by atoms with Crippen molar-refractivity contribution in [2.45, 2.75) is 18.8 Å². The van der Waals surface area contributed by atoms with Gasteiger partial charge in [-0.2, -0.15) is 0 Å². The summed E-state index contributed by atoms with van der Waals surface area (Å²) in [6, 6.07) is 14.9. The zero-order valence-corrected chi connectivity index (χ0v) is 10.5. The first-order chi connectivity index (χ1) is 8.93. The van der Waals surface area contributed by atoms with Crippen LogP contribution >= 0.6 is 0 Å². The lowest BCUT2D eigenvalue weighted by Gasteiger charge is -2.23. The van der Waals surface area contributed by atoms with E-state index in [0.29, 0.717) is 5.92 Å². The number of aromatic nitrogens is 1. The van der Waals surface area contributed by atoms with E-state index in [9.17, 15) is 0 Å². The maximum atomic E-state index is 4.38. The Morgan fingerprint density at radius 3 is 2.61 bits per heavy atom. The molecule has 2 heterocycles. The molecular formula is C16H18N2. The van der Waals surface area contributed by atoms with Gasteiger partial charge in [0.05, 0.1) is 5.69 Å². The van der Waals surface area contributed by atoms with Gasteiger partial charge in [-0.25, -0.2) is 0 Å². The third-order valence-electron chi connectivity index (χ3n) is 3.64. The molecule has 1 aromatic carbocycles. The standard InChI is InChI=1S/C16H18N2/c1-2-11-18-16(5-1)14-8-6-13(7-9-14)15-4-3-10-17-12-15/h1-2,5-9,11,15,17H,3-4,10,12H2. The van der Waals surface area contributed by atoms with Crippen LogP contribution in [0, 0.1) is 0 Å². The number of benzene rings is 1. The molecule has 18 heavy (non-hydrogen) atoms. The first-order valence-electron chi connectivity index (χ1n) is 6.65. The molecule has 0 amide bonds. The van der Waals surface area contributed by atoms with Crippen molar-refractivity contribution in [3.63, 3.8) is 0 Å². The molecular weight excluding hydrogens is 220 g/mol. The van der Waals surface area contributed by atoms with Crippen molar-refractivity contribution in [2.75, 3.05) is 13.1 Å². The molecule has 2 aromatic rings. The van der Waals surface area contributed by atoms with Crippen LogP contribution in [0.4, 0.5) is 0 Å². The highest BCUT2D eigenvalue weighted by Gasteiger charge is 2.14. The monoisotopic (exact) mass is 238 g/mol. The lowest BCUT2D eigenvalue weighted by atomic mass is 9.91. The smallest absolute Gasteiger partial charge is 0.0701 e. The molecule has 1 unspecified atom stereocenters. The molecule has 0 bridgehead atoms. The van der Waals surface area contributed by atoms with E-state index in [0.717, 1.165) is 12.2 Å². The van der Waals surface area contributed by atoms with E-state index in [-0.39, 0.29) is 0 Å². The van der Waals surface area contributed by atoms with Crippen molar-refractivity contribution in [2.24, 2.45) is 0 Å². The molecule has 3 rings (SSSR count). The summed E-state index contributed by atoms with van der Waals surface area (Å²) in [5, 5.41) is 3.47. The first kappa shape index (κ1) is 11.4. The SMILES string of the molecule is c1ccc(-c2ccc(C3CCCNC3)cc2)nc1. The third kappa shape index (κ3) is 2.44. The largest absolute Gasteiger partial charge is 0.316 e. The van der Waals surface area contributed by atoms with E-state index >= 15 is 0 Å². The van der Waals surface area contributed by atoms with Crippen molar-refractivity contribution >= 4 is 0 Å². The maximum Gasteiger partial charge on any atom is 0.0701 e. The Bertz CT molecular complexity index is 484. The second-order valence-corrected chi connectivity index (χ2v) is 4.88. The van der Waals surface area contributed by atoms with Crippen LogP contribution in [0.5, 0.6) is 0 Å². The van der Waals surface area contributed by atoms with Gasteiger partial charge in [-0.05, 0) is 43.0 Å². The highest BCUT2D eigenvalue weighted by atomic mass is 14.9. The highest BCUT2D eigenvalue weighted by Crippen LogP contribution is 2.25. The second kappa shape index (κ2) is 5.32. The fourth-order valence-electron chi connectivity index (χ4n) is 2.60. The van der Waals surface area contributed by atoms with Gasteiger partial charge in [0.2, 0.25) is 0 Å². The number of pyridine rings is 1. The molecule has 1 atom stereocenters. The van der Waals surface area contributed by atoms with Crippen molar-refractivity contribution in [3.8, 4) is 11.3 Å². The van der Waals surface area contributed by atoms with Gasteiger partial charge in [0, 0.05) is 18.3 Å². The van der Waals surface area contributed by atoms with Crippen molar-refractivity contribution < 1.29 is 0 Å². The summed E-state index contributed by atoms with van der Waals surface area (Å²) >= 11 is 0. The van der Waals surface area contributed by atoms with Crippen LogP contribution in [-0.4, -0.2) is 18.1 Å². The zero-order valence-electron chi connectivity index (χ0n) is 10.5. The minimum Gasteiger partial charge on any atom is -0.316 e. The predicted octanol–water partition coefficient (Wildman–Crippen LogP) is 3.22. The van der Waals surface area contributed by atoms with Gasteiger partial charge in [0.25, 0.3) is 0 Å². The van der Waals surface area contributed by atoms with Gasteiger partial charge in [0.15, 0.2) is 0 Å². The quantitative estimate of drug-likeness (QED) is 0.869. The Balaban J connectivity index is 1.80. The minimum absolute atomic E-state index is 0.677. The van der Waals surface area contributed by atoms with Crippen LogP contribution in [0.2, 0.25) is 0 Å². The van der Waals surface area contributed by atoms with Crippen molar-refractivity contribution in [1.82, 2.24) is 10.3 Å². The molecule has 2 heteroatoms. The number of piperidine rings is 1. The number of hydrogen-bond acceptors (Lipinski definition) is 2. The lowest BCUT2D eigenvalue weighted by molar-refractivity contribution is 0.461. The topological polar surface area (TPSA) is 24.9 Å². The molecule has 1 aliphatic rings. The Morgan fingerprint density at radius 2 is 1.94 bits per heavy atom. The van der Waals surface area contributed by atoms with Crippen LogP contribution in [0.3, 0.4) is 0 Å². The Hall–Kier alpha value is -1.67. The fourth-order valence-corrected chi connectivity index (χ4v) is 2.60. The molecule has 92 valence electrons. The van der Waals surface area contributed by atoms with Crippen molar-refractivity contribution in [1.29, 1.82) is 0 Å². The summed E-state index contributed by atoms with van der Waals surface area (Å²) in [6.45, 7) is 2.28. The molecule has 0 aliphatic carbocycles. The predicted molar refractivity (Wildman–Crippen MR) is 74.5 cm³/mol. The molecule has 0 saturated carbocycles. The molecule has 2 nitrogen and oxygen atoms in total. The highest BCUT2D eigenvalue weighted by molar-refractivity contribution is 5.59. The molecule has 1 aliphatic heterocycles. The van der Waals surface area contributed by atoms with E-state index in [2.05, 4.69) is 40.6 Å². The molecule has 1 N–H and O–H groups in total. The summed E-state index contributed by atoms with van der Waals surface area (Å²) in [5.41, 5.74) is 3.69. The summed E-state index contributed by atoms with van der Waals surface area (Å²) in [7, 11) is 0. The van der Waals surface area contributed by atoms with Crippen LogP contribution < -0.4 is 5.32 Å². The van der Waals surface area contributed by atoms with Crippen LogP contribution in [0.25, 0.3) is 11.3 Å². The van der Waals surface area contributed by atoms with Gasteiger partial charge in [-0.3, -0.25) is 4.98 Å². The van der Waals surface area contributed by atoms with Gasteiger partial charge in [0.1, 0.15) is 0 Å². The summed E-state index contributed by atoms with van der Waals surface area (Å²) < 4.78 is 0. The summed E-state index contributed by atoms with van der Waals surface area (Å²) in [5.74, 6) is 0.677. The average molecular weight is 238 g/mol. The minimum atomic E-state index is 0.677. The zero-order chi connectivity index (χ0) is 12.2. The van der Waals surface area contributed by atoms with Gasteiger partial charge in [-0.15, -0.1) is 0 Å². The van der Waals surface area contributed by atoms with Crippen LogP contribution in [0.15, 0.2) is 48.7 Å². The van der Waals surface area contributed by atoms with E-state index < -0.39 is 0 Å². The van der Waals surface area contributed by atoms with E-state index in [1.165, 1.54) is 30.5 Å². The maximum absolute atomic E-state index is 4.38. The van der Waals surface area contributed by atoms with Gasteiger partial charge < -0.3 is 5.32 Å². The second-order valence-electron chi connectivity index (χ2n) is 4.88. The first-order valence-corrected chi connectivity index (χ1v) is 6.65. The lowest BCUT2D eigenvalue weighted by Crippen LogP contribution is -2.28. The van der Waals surface area contributed by atoms with Crippen LogP contribution in [-0.2, 0) is 0 Å². The summed E-state index contributed by atoms with van der Waals surface area (Å²) in [4.78, 5) is 4.38. The Kier molecular flexibility index (Phi) is 3.37. The Labute approximate surface area is 108 Å². The van der Waals surface area contributed by atoms with Crippen LogP contribution in [0.1, 0.15) is 24.3 Å². The molecule has 1 aromatic heterocycles. The average Bonchev–Trinajstić information content (AvgIpc) is 2.49. The van der Waals surface area contributed by atoms with Crippen molar-refractivity contribution in [3.05, 3.63) is 54.2 Å². The summed E-state index contributed by atoms with van der Waals surface area (Å²) in [6.07, 6.45) is 4.43. The molecule has 0 spiro atoms. The van der Waals surface area contributed by atoms with E-state index in [4.69, 9.17) is 0 Å². The van der Waals surface area contributed by atoms with Gasteiger partial charge >= 0.3 is 0 Å². The molecule has 1 fully saturated rings. The van der Waals surface area contributed by atoms with Gasteiger partial charge in [-0.1, -0.05) is 30.3 Å². The number of nitrogens with one attached hydrogen (secondary N) is 1. The normalized spacial score (nSPS) is 19.7. The number of nitrogens with zero attached hydrogens (tertiary/aromatic N) is 1. The number of rotatable bonds is 2. The fraction of sp³-hybridized carbons (Fsp3) is 0.312. The Morgan fingerprint density at radius 1 is 1.06 bits per heavy atom. The number of hydrogen-bond donors (Lipinski definition) is 1. The van der Waals surface area contributed by atoms with E-state index in [1.54, 1.807) is 0 Å².